The predicted molar refractivity (Wildman–Crippen MR) is 88.3 cm³/mol. The van der Waals surface area contributed by atoms with Gasteiger partial charge in [-0.2, -0.15) is 0 Å². The lowest BCUT2D eigenvalue weighted by Crippen LogP contribution is -2.20. The summed E-state index contributed by atoms with van der Waals surface area (Å²) in [5.74, 6) is -0.431. The molecule has 1 atom stereocenters. The Bertz CT molecular complexity index is 654. The van der Waals surface area contributed by atoms with E-state index in [1.165, 1.54) is 30.1 Å². The summed E-state index contributed by atoms with van der Waals surface area (Å²) in [7, 11) is 0. The zero-order chi connectivity index (χ0) is 16.7. The standard InChI is InChI=1S/C18H20N2O3/c1-3-13(2)14-4-6-16(7-5-14)20-17(21)12-23-18(22)15-8-10-19-11-9-15/h4-11,13H,3,12H2,1-2H3,(H,20,21). The summed E-state index contributed by atoms with van der Waals surface area (Å²) in [6.45, 7) is 3.97. The molecule has 1 aromatic carbocycles. The predicted octanol–water partition coefficient (Wildman–Crippen LogP) is 3.39. The Kier molecular flexibility index (Phi) is 5.86. The van der Waals surface area contributed by atoms with Crippen molar-refractivity contribution < 1.29 is 14.3 Å². The van der Waals surface area contributed by atoms with E-state index in [1.54, 1.807) is 0 Å². The van der Waals surface area contributed by atoms with Gasteiger partial charge in [-0.3, -0.25) is 9.78 Å². The number of pyridine rings is 1. The van der Waals surface area contributed by atoms with Crippen molar-refractivity contribution >= 4 is 17.6 Å². The number of hydrogen-bond acceptors (Lipinski definition) is 4. The number of amides is 1. The van der Waals surface area contributed by atoms with E-state index in [-0.39, 0.29) is 12.5 Å². The van der Waals surface area contributed by atoms with Crippen molar-refractivity contribution in [3.8, 4) is 0 Å². The third-order valence-corrected chi connectivity index (χ3v) is 3.63. The highest BCUT2D eigenvalue weighted by Gasteiger charge is 2.10. The largest absolute Gasteiger partial charge is 0.452 e. The monoisotopic (exact) mass is 312 g/mol. The number of carbonyl (C=O) groups excluding carboxylic acids is 2. The first-order valence-corrected chi connectivity index (χ1v) is 7.57. The number of carbonyl (C=O) groups is 2. The number of anilines is 1. The van der Waals surface area contributed by atoms with Gasteiger partial charge in [-0.1, -0.05) is 26.0 Å². The van der Waals surface area contributed by atoms with E-state index in [9.17, 15) is 9.59 Å². The van der Waals surface area contributed by atoms with Crippen molar-refractivity contribution in [2.24, 2.45) is 0 Å². The average molecular weight is 312 g/mol. The van der Waals surface area contributed by atoms with E-state index in [1.807, 2.05) is 24.3 Å². The number of esters is 1. The van der Waals surface area contributed by atoms with Gasteiger partial charge in [-0.05, 0) is 42.2 Å². The van der Waals surface area contributed by atoms with Crippen LogP contribution in [-0.4, -0.2) is 23.5 Å². The molecule has 0 aliphatic heterocycles. The summed E-state index contributed by atoms with van der Waals surface area (Å²) in [5, 5.41) is 2.70. The molecule has 0 saturated carbocycles. The maximum Gasteiger partial charge on any atom is 0.338 e. The van der Waals surface area contributed by atoms with Crippen LogP contribution < -0.4 is 5.32 Å². The SMILES string of the molecule is CCC(C)c1ccc(NC(=O)COC(=O)c2ccncc2)cc1. The molecule has 0 aliphatic carbocycles. The maximum absolute atomic E-state index is 11.8. The molecule has 1 amide bonds. The Morgan fingerprint density at radius 2 is 1.78 bits per heavy atom. The number of benzene rings is 1. The number of aromatic nitrogens is 1. The van der Waals surface area contributed by atoms with Gasteiger partial charge in [0, 0.05) is 18.1 Å². The zero-order valence-electron chi connectivity index (χ0n) is 13.3. The molecule has 2 rings (SSSR count). The molecule has 23 heavy (non-hydrogen) atoms. The first-order chi connectivity index (χ1) is 11.1. The van der Waals surface area contributed by atoms with Gasteiger partial charge in [-0.25, -0.2) is 4.79 Å². The minimum absolute atomic E-state index is 0.325. The zero-order valence-corrected chi connectivity index (χ0v) is 13.3. The minimum atomic E-state index is -0.547. The van der Waals surface area contributed by atoms with E-state index in [0.29, 0.717) is 17.2 Å². The summed E-state index contributed by atoms with van der Waals surface area (Å²) in [6.07, 6.45) is 4.06. The number of nitrogens with zero attached hydrogens (tertiary/aromatic N) is 1. The molecular weight excluding hydrogens is 292 g/mol. The Morgan fingerprint density at radius 1 is 1.13 bits per heavy atom. The molecule has 1 unspecified atom stereocenters. The third-order valence-electron chi connectivity index (χ3n) is 3.63. The van der Waals surface area contributed by atoms with Crippen LogP contribution in [0, 0.1) is 0 Å². The van der Waals surface area contributed by atoms with Crippen molar-refractivity contribution in [1.29, 1.82) is 0 Å². The molecule has 0 spiro atoms. The molecule has 0 saturated heterocycles. The van der Waals surface area contributed by atoms with E-state index in [4.69, 9.17) is 4.74 Å². The second-order valence-electron chi connectivity index (χ2n) is 5.29. The van der Waals surface area contributed by atoms with Crippen molar-refractivity contribution in [1.82, 2.24) is 4.98 Å². The van der Waals surface area contributed by atoms with E-state index in [0.717, 1.165) is 6.42 Å². The number of ether oxygens (including phenoxy) is 1. The van der Waals surface area contributed by atoms with Crippen LogP contribution >= 0.6 is 0 Å². The Balaban J connectivity index is 1.84. The highest BCUT2D eigenvalue weighted by molar-refractivity contribution is 5.95. The highest BCUT2D eigenvalue weighted by atomic mass is 16.5. The van der Waals surface area contributed by atoms with Gasteiger partial charge >= 0.3 is 5.97 Å². The van der Waals surface area contributed by atoms with Gasteiger partial charge in [0.05, 0.1) is 5.56 Å². The van der Waals surface area contributed by atoms with Gasteiger partial charge < -0.3 is 10.1 Å². The summed E-state index contributed by atoms with van der Waals surface area (Å²) in [5.41, 5.74) is 2.28. The Hall–Kier alpha value is -2.69. The highest BCUT2D eigenvalue weighted by Crippen LogP contribution is 2.20. The van der Waals surface area contributed by atoms with Crippen molar-refractivity contribution in [2.75, 3.05) is 11.9 Å². The molecule has 120 valence electrons. The Morgan fingerprint density at radius 3 is 2.39 bits per heavy atom. The lowest BCUT2D eigenvalue weighted by atomic mass is 9.99. The summed E-state index contributed by atoms with van der Waals surface area (Å²) in [6, 6.07) is 10.8. The summed E-state index contributed by atoms with van der Waals surface area (Å²) < 4.78 is 4.96. The molecule has 1 N–H and O–H groups in total. The van der Waals surface area contributed by atoms with Crippen molar-refractivity contribution in [3.05, 3.63) is 59.9 Å². The molecule has 0 fully saturated rings. The van der Waals surface area contributed by atoms with Crippen LogP contribution in [0.1, 0.15) is 42.1 Å². The normalized spacial score (nSPS) is 11.6. The molecular formula is C18H20N2O3. The lowest BCUT2D eigenvalue weighted by Gasteiger charge is -2.10. The van der Waals surface area contributed by atoms with E-state index >= 15 is 0 Å². The smallest absolute Gasteiger partial charge is 0.338 e. The van der Waals surface area contributed by atoms with Crippen LogP contribution in [0.3, 0.4) is 0 Å². The van der Waals surface area contributed by atoms with Crippen LogP contribution in [-0.2, 0) is 9.53 Å². The van der Waals surface area contributed by atoms with E-state index in [2.05, 4.69) is 24.1 Å². The molecule has 5 heteroatoms. The van der Waals surface area contributed by atoms with Gasteiger partial charge in [-0.15, -0.1) is 0 Å². The van der Waals surface area contributed by atoms with Crippen molar-refractivity contribution in [2.45, 2.75) is 26.2 Å². The second-order valence-corrected chi connectivity index (χ2v) is 5.29. The van der Waals surface area contributed by atoms with Gasteiger partial charge in [0.2, 0.25) is 0 Å². The van der Waals surface area contributed by atoms with Crippen LogP contribution in [0.15, 0.2) is 48.8 Å². The first kappa shape index (κ1) is 16.7. The van der Waals surface area contributed by atoms with Gasteiger partial charge in [0.25, 0.3) is 5.91 Å². The lowest BCUT2D eigenvalue weighted by molar-refractivity contribution is -0.119. The van der Waals surface area contributed by atoms with Gasteiger partial charge in [0.1, 0.15) is 0 Å². The van der Waals surface area contributed by atoms with Gasteiger partial charge in [0.15, 0.2) is 6.61 Å². The first-order valence-electron chi connectivity index (χ1n) is 7.57. The molecule has 0 aliphatic rings. The molecule has 0 radical (unpaired) electrons. The quantitative estimate of drug-likeness (QED) is 0.830. The van der Waals surface area contributed by atoms with Crippen LogP contribution in [0.2, 0.25) is 0 Å². The molecule has 0 bridgehead atoms. The fourth-order valence-electron chi connectivity index (χ4n) is 2.03. The number of rotatable bonds is 6. The third kappa shape index (κ3) is 4.92. The molecule has 5 nitrogen and oxygen atoms in total. The van der Waals surface area contributed by atoms with Crippen LogP contribution in [0.4, 0.5) is 5.69 Å². The molecule has 2 aromatic rings. The number of nitrogens with one attached hydrogen (secondary N) is 1. The summed E-state index contributed by atoms with van der Waals surface area (Å²) >= 11 is 0. The Labute approximate surface area is 135 Å². The second kappa shape index (κ2) is 8.08. The average Bonchev–Trinajstić information content (AvgIpc) is 2.60. The number of hydrogen-bond donors (Lipinski definition) is 1. The summed E-state index contributed by atoms with van der Waals surface area (Å²) in [4.78, 5) is 27.4. The molecule has 1 heterocycles. The maximum atomic E-state index is 11.8. The van der Waals surface area contributed by atoms with E-state index < -0.39 is 5.97 Å². The van der Waals surface area contributed by atoms with Crippen LogP contribution in [0.25, 0.3) is 0 Å². The van der Waals surface area contributed by atoms with Crippen molar-refractivity contribution in [3.63, 3.8) is 0 Å². The van der Waals surface area contributed by atoms with Crippen LogP contribution in [0.5, 0.6) is 0 Å². The topological polar surface area (TPSA) is 68.3 Å². The fraction of sp³-hybridized carbons (Fsp3) is 0.278. The minimum Gasteiger partial charge on any atom is -0.452 e. The molecule has 1 aromatic heterocycles. The fourth-order valence-corrected chi connectivity index (χ4v) is 2.03.